The monoisotopic (exact) mass is 161 g/mol. The highest BCUT2D eigenvalue weighted by Crippen LogP contribution is 1.96. The van der Waals surface area contributed by atoms with Gasteiger partial charge in [-0.1, -0.05) is 6.92 Å². The van der Waals surface area contributed by atoms with Gasteiger partial charge in [0.25, 0.3) is 0 Å². The van der Waals surface area contributed by atoms with E-state index in [9.17, 15) is 0 Å². The summed E-state index contributed by atoms with van der Waals surface area (Å²) < 4.78 is 5.41. The third-order valence-electron chi connectivity index (χ3n) is 1.79. The van der Waals surface area contributed by atoms with Gasteiger partial charge in [-0.2, -0.15) is 0 Å². The van der Waals surface area contributed by atoms with Gasteiger partial charge in [0.05, 0.1) is 25.4 Å². The second kappa shape index (κ2) is 6.58. The highest BCUT2D eigenvalue weighted by atomic mass is 16.5. The van der Waals surface area contributed by atoms with Gasteiger partial charge in [0, 0.05) is 0 Å². The molecule has 0 aromatic heterocycles. The van der Waals surface area contributed by atoms with E-state index in [1.54, 1.807) is 0 Å². The van der Waals surface area contributed by atoms with Crippen molar-refractivity contribution >= 4 is 0 Å². The Morgan fingerprint density at radius 2 is 2.18 bits per heavy atom. The molecule has 0 aromatic carbocycles. The number of aliphatic hydroxyl groups excluding tert-OH is 1. The molecule has 0 saturated carbocycles. The minimum atomic E-state index is 0.0731. The largest absolute Gasteiger partial charge is 0.395 e. The Balaban J connectivity index is 3.34. The Morgan fingerprint density at radius 1 is 1.55 bits per heavy atom. The van der Waals surface area contributed by atoms with E-state index in [-0.39, 0.29) is 18.8 Å². The van der Waals surface area contributed by atoms with Crippen molar-refractivity contribution in [3.05, 3.63) is 0 Å². The molecule has 68 valence electrons. The molecule has 0 saturated heterocycles. The molecule has 0 spiro atoms. The van der Waals surface area contributed by atoms with Crippen molar-refractivity contribution in [1.29, 1.82) is 0 Å². The van der Waals surface area contributed by atoms with E-state index in [2.05, 4.69) is 12.2 Å². The molecular formula is C8H19NO2. The van der Waals surface area contributed by atoms with E-state index in [0.717, 1.165) is 6.42 Å². The van der Waals surface area contributed by atoms with Gasteiger partial charge in [0.15, 0.2) is 0 Å². The smallest absolute Gasteiger partial charge is 0.0645 e. The molecule has 2 unspecified atom stereocenters. The van der Waals surface area contributed by atoms with E-state index >= 15 is 0 Å². The molecule has 0 fully saturated rings. The Morgan fingerprint density at radius 3 is 2.55 bits per heavy atom. The first-order valence-electron chi connectivity index (χ1n) is 4.14. The Hall–Kier alpha value is -0.120. The minimum Gasteiger partial charge on any atom is -0.395 e. The van der Waals surface area contributed by atoms with Crippen molar-refractivity contribution in [2.45, 2.75) is 32.4 Å². The predicted octanol–water partition coefficient (Wildman–Crippen LogP) is 0.382. The Labute approximate surface area is 68.8 Å². The summed E-state index contributed by atoms with van der Waals surface area (Å²) >= 11 is 0. The topological polar surface area (TPSA) is 41.5 Å². The fourth-order valence-corrected chi connectivity index (χ4v) is 0.626. The van der Waals surface area contributed by atoms with Crippen LogP contribution in [0.5, 0.6) is 0 Å². The summed E-state index contributed by atoms with van der Waals surface area (Å²) in [6.07, 6.45) is 1.30. The van der Waals surface area contributed by atoms with Crippen LogP contribution < -0.4 is 5.32 Å². The zero-order valence-corrected chi connectivity index (χ0v) is 7.63. The summed E-state index contributed by atoms with van der Waals surface area (Å²) in [5.41, 5.74) is 0. The minimum absolute atomic E-state index is 0.0731. The van der Waals surface area contributed by atoms with E-state index in [0.29, 0.717) is 6.61 Å². The molecule has 0 aliphatic rings. The van der Waals surface area contributed by atoms with Crippen molar-refractivity contribution in [1.82, 2.24) is 5.32 Å². The molecule has 11 heavy (non-hydrogen) atoms. The van der Waals surface area contributed by atoms with Crippen molar-refractivity contribution in [2.24, 2.45) is 0 Å². The summed E-state index contributed by atoms with van der Waals surface area (Å²) in [7, 11) is 1.82. The molecule has 0 aromatic rings. The maximum Gasteiger partial charge on any atom is 0.0645 e. The highest BCUT2D eigenvalue weighted by Gasteiger charge is 2.05. The Bertz CT molecular complexity index is 84.2. The van der Waals surface area contributed by atoms with Crippen LogP contribution in [0.4, 0.5) is 0 Å². The van der Waals surface area contributed by atoms with E-state index in [1.807, 2.05) is 14.0 Å². The highest BCUT2D eigenvalue weighted by molar-refractivity contribution is 4.61. The van der Waals surface area contributed by atoms with Gasteiger partial charge in [-0.15, -0.1) is 0 Å². The lowest BCUT2D eigenvalue weighted by molar-refractivity contribution is 0.0371. The summed E-state index contributed by atoms with van der Waals surface area (Å²) in [4.78, 5) is 0. The summed E-state index contributed by atoms with van der Waals surface area (Å²) in [5, 5.41) is 11.7. The predicted molar refractivity (Wildman–Crippen MR) is 45.6 cm³/mol. The van der Waals surface area contributed by atoms with Crippen LogP contribution in [0.1, 0.15) is 20.3 Å². The number of hydrogen-bond acceptors (Lipinski definition) is 3. The quantitative estimate of drug-likeness (QED) is 0.592. The first kappa shape index (κ1) is 10.9. The number of rotatable bonds is 6. The van der Waals surface area contributed by atoms with Gasteiger partial charge < -0.3 is 15.2 Å². The van der Waals surface area contributed by atoms with Crippen LogP contribution in [0.25, 0.3) is 0 Å². The lowest BCUT2D eigenvalue weighted by Gasteiger charge is -2.16. The third kappa shape index (κ3) is 5.18. The molecule has 0 heterocycles. The number of aliphatic hydroxyl groups is 1. The average Bonchev–Trinajstić information content (AvgIpc) is 2.06. The number of nitrogens with one attached hydrogen (secondary N) is 1. The fourth-order valence-electron chi connectivity index (χ4n) is 0.626. The number of hydrogen-bond donors (Lipinski definition) is 2. The third-order valence-corrected chi connectivity index (χ3v) is 1.79. The van der Waals surface area contributed by atoms with Gasteiger partial charge in [-0.05, 0) is 20.4 Å². The van der Waals surface area contributed by atoms with Crippen LogP contribution in [0.15, 0.2) is 0 Å². The first-order valence-corrected chi connectivity index (χ1v) is 4.14. The molecule has 3 heteroatoms. The van der Waals surface area contributed by atoms with Crippen molar-refractivity contribution in [3.8, 4) is 0 Å². The van der Waals surface area contributed by atoms with Gasteiger partial charge in [-0.25, -0.2) is 0 Å². The molecular weight excluding hydrogens is 142 g/mol. The normalized spacial score (nSPS) is 16.4. The zero-order chi connectivity index (χ0) is 8.69. The molecule has 3 nitrogen and oxygen atoms in total. The van der Waals surface area contributed by atoms with Crippen LogP contribution in [0, 0.1) is 0 Å². The zero-order valence-electron chi connectivity index (χ0n) is 7.63. The van der Waals surface area contributed by atoms with Crippen LogP contribution in [-0.2, 0) is 4.74 Å². The van der Waals surface area contributed by atoms with Crippen molar-refractivity contribution in [3.63, 3.8) is 0 Å². The molecule has 0 aliphatic carbocycles. The molecule has 0 amide bonds. The van der Waals surface area contributed by atoms with Crippen LogP contribution in [-0.4, -0.2) is 37.5 Å². The van der Waals surface area contributed by atoms with Crippen molar-refractivity contribution in [2.75, 3.05) is 20.3 Å². The second-order valence-electron chi connectivity index (χ2n) is 2.72. The molecule has 2 N–H and O–H groups in total. The molecule has 0 bridgehead atoms. The maximum atomic E-state index is 8.77. The van der Waals surface area contributed by atoms with E-state index in [4.69, 9.17) is 9.84 Å². The molecule has 0 aliphatic heterocycles. The van der Waals surface area contributed by atoms with Crippen molar-refractivity contribution < 1.29 is 9.84 Å². The van der Waals surface area contributed by atoms with Crippen LogP contribution in [0.3, 0.4) is 0 Å². The summed E-state index contributed by atoms with van der Waals surface area (Å²) in [6.45, 7) is 4.83. The number of ether oxygens (including phenoxy) is 1. The van der Waals surface area contributed by atoms with Crippen LogP contribution >= 0.6 is 0 Å². The maximum absolute atomic E-state index is 8.77. The standard InChI is InChI=1S/C8H19NO2/c1-4-7(2)11-6-8(5-10)9-3/h7-10H,4-6H2,1-3H3. The van der Waals surface area contributed by atoms with E-state index < -0.39 is 0 Å². The second-order valence-corrected chi connectivity index (χ2v) is 2.72. The van der Waals surface area contributed by atoms with Crippen LogP contribution in [0.2, 0.25) is 0 Å². The first-order chi connectivity index (χ1) is 5.24. The van der Waals surface area contributed by atoms with Gasteiger partial charge in [0.2, 0.25) is 0 Å². The van der Waals surface area contributed by atoms with Gasteiger partial charge in [0.1, 0.15) is 0 Å². The molecule has 0 radical (unpaired) electrons. The molecule has 0 rings (SSSR count). The lowest BCUT2D eigenvalue weighted by atomic mass is 10.3. The SMILES string of the molecule is CCC(C)OCC(CO)NC. The Kier molecular flexibility index (Phi) is 6.51. The van der Waals surface area contributed by atoms with E-state index in [1.165, 1.54) is 0 Å². The number of likely N-dealkylation sites (N-methyl/N-ethyl adjacent to an activating group) is 1. The van der Waals surface area contributed by atoms with Gasteiger partial charge >= 0.3 is 0 Å². The summed E-state index contributed by atoms with van der Waals surface area (Å²) in [6, 6.07) is 0.0731. The van der Waals surface area contributed by atoms with Gasteiger partial charge in [-0.3, -0.25) is 0 Å². The fraction of sp³-hybridized carbons (Fsp3) is 1.00. The average molecular weight is 161 g/mol. The lowest BCUT2D eigenvalue weighted by Crippen LogP contribution is -2.34. The summed E-state index contributed by atoms with van der Waals surface area (Å²) in [5.74, 6) is 0. The molecule has 2 atom stereocenters.